The fourth-order valence-corrected chi connectivity index (χ4v) is 2.23. The number of hydrogen-bond donors (Lipinski definition) is 1. The third kappa shape index (κ3) is 7.81. The van der Waals surface area contributed by atoms with Crippen LogP contribution >= 0.6 is 15.9 Å². The Morgan fingerprint density at radius 2 is 2.00 bits per heavy atom. The summed E-state index contributed by atoms with van der Waals surface area (Å²) in [5.74, 6) is 0.883. The Morgan fingerprint density at radius 3 is 2.71 bits per heavy atom. The summed E-state index contributed by atoms with van der Waals surface area (Å²) < 4.78 is 17.1. The number of methoxy groups -OCH3 is 1. The van der Waals surface area contributed by atoms with Gasteiger partial charge >= 0.3 is 0 Å². The van der Waals surface area contributed by atoms with E-state index >= 15 is 0 Å². The van der Waals surface area contributed by atoms with Crippen molar-refractivity contribution in [3.05, 3.63) is 28.2 Å². The molecule has 1 unspecified atom stereocenters. The van der Waals surface area contributed by atoms with Gasteiger partial charge in [-0.05, 0) is 36.6 Å². The van der Waals surface area contributed by atoms with Crippen LogP contribution in [0.3, 0.4) is 0 Å². The van der Waals surface area contributed by atoms with Crippen LogP contribution in [0.2, 0.25) is 0 Å². The highest BCUT2D eigenvalue weighted by Gasteiger charge is 2.07. The van der Waals surface area contributed by atoms with E-state index in [0.717, 1.165) is 29.5 Å². The Morgan fingerprint density at radius 1 is 1.19 bits per heavy atom. The van der Waals surface area contributed by atoms with Crippen molar-refractivity contribution in [3.63, 3.8) is 0 Å². The van der Waals surface area contributed by atoms with Gasteiger partial charge in [-0.3, -0.25) is 0 Å². The molecule has 21 heavy (non-hydrogen) atoms. The minimum absolute atomic E-state index is 0.186. The van der Waals surface area contributed by atoms with Crippen molar-refractivity contribution in [2.45, 2.75) is 32.2 Å². The van der Waals surface area contributed by atoms with Crippen molar-refractivity contribution in [3.8, 4) is 5.75 Å². The maximum atomic E-state index is 6.02. The summed E-state index contributed by atoms with van der Waals surface area (Å²) in [6, 6.07) is 6.23. The maximum Gasteiger partial charge on any atom is 0.119 e. The van der Waals surface area contributed by atoms with Gasteiger partial charge in [-0.25, -0.2) is 0 Å². The maximum absolute atomic E-state index is 6.02. The van der Waals surface area contributed by atoms with Gasteiger partial charge in [0.25, 0.3) is 0 Å². The number of benzene rings is 1. The topological polar surface area (TPSA) is 53.7 Å². The first-order chi connectivity index (χ1) is 10.2. The molecule has 1 aromatic carbocycles. The SMILES string of the molecule is CCC(N)Cc1cc(OCCCOCCOC)ccc1Br. The first-order valence-corrected chi connectivity index (χ1v) is 8.20. The van der Waals surface area contributed by atoms with E-state index in [4.69, 9.17) is 19.9 Å². The first-order valence-electron chi connectivity index (χ1n) is 7.40. The van der Waals surface area contributed by atoms with E-state index in [-0.39, 0.29) is 6.04 Å². The van der Waals surface area contributed by atoms with Gasteiger partial charge in [-0.2, -0.15) is 0 Å². The Hall–Kier alpha value is -0.620. The van der Waals surface area contributed by atoms with Crippen molar-refractivity contribution in [1.82, 2.24) is 0 Å². The molecule has 0 radical (unpaired) electrons. The van der Waals surface area contributed by atoms with E-state index < -0.39 is 0 Å². The molecule has 0 saturated heterocycles. The molecular formula is C16H26BrNO3. The molecule has 0 spiro atoms. The lowest BCUT2D eigenvalue weighted by Gasteiger charge is -2.13. The van der Waals surface area contributed by atoms with E-state index in [0.29, 0.717) is 26.4 Å². The van der Waals surface area contributed by atoms with Crippen molar-refractivity contribution in [2.24, 2.45) is 5.73 Å². The molecule has 0 fully saturated rings. The molecule has 5 heteroatoms. The molecule has 1 rings (SSSR count). The zero-order valence-electron chi connectivity index (χ0n) is 12.9. The van der Waals surface area contributed by atoms with Crippen LogP contribution in [0.4, 0.5) is 0 Å². The van der Waals surface area contributed by atoms with Gasteiger partial charge in [-0.15, -0.1) is 0 Å². The summed E-state index contributed by atoms with van der Waals surface area (Å²) >= 11 is 3.56. The van der Waals surface area contributed by atoms with Crippen molar-refractivity contribution in [2.75, 3.05) is 33.5 Å². The van der Waals surface area contributed by atoms with Gasteiger partial charge < -0.3 is 19.9 Å². The average Bonchev–Trinajstić information content (AvgIpc) is 2.49. The van der Waals surface area contributed by atoms with Gasteiger partial charge in [0.05, 0.1) is 19.8 Å². The van der Waals surface area contributed by atoms with Gasteiger partial charge in [0, 0.05) is 30.7 Å². The molecule has 0 bridgehead atoms. The summed E-state index contributed by atoms with van der Waals surface area (Å²) in [6.07, 6.45) is 2.69. The monoisotopic (exact) mass is 359 g/mol. The molecule has 0 aliphatic heterocycles. The van der Waals surface area contributed by atoms with Crippen molar-refractivity contribution < 1.29 is 14.2 Å². The first kappa shape index (κ1) is 18.4. The molecule has 4 nitrogen and oxygen atoms in total. The molecule has 120 valence electrons. The highest BCUT2D eigenvalue weighted by atomic mass is 79.9. The lowest BCUT2D eigenvalue weighted by atomic mass is 10.0. The molecule has 0 heterocycles. The molecule has 0 saturated carbocycles. The summed E-state index contributed by atoms with van der Waals surface area (Å²) in [7, 11) is 1.67. The van der Waals surface area contributed by atoms with Crippen molar-refractivity contribution in [1.29, 1.82) is 0 Å². The quantitative estimate of drug-likeness (QED) is 0.616. The molecule has 0 aromatic heterocycles. The van der Waals surface area contributed by atoms with Gasteiger partial charge in [-0.1, -0.05) is 22.9 Å². The van der Waals surface area contributed by atoms with E-state index in [9.17, 15) is 0 Å². The number of hydrogen-bond acceptors (Lipinski definition) is 4. The average molecular weight is 360 g/mol. The van der Waals surface area contributed by atoms with E-state index in [1.165, 1.54) is 5.56 Å². The van der Waals surface area contributed by atoms with Gasteiger partial charge in [0.2, 0.25) is 0 Å². The van der Waals surface area contributed by atoms with Crippen LogP contribution < -0.4 is 10.5 Å². The summed E-state index contributed by atoms with van der Waals surface area (Å²) in [5.41, 5.74) is 7.21. The third-order valence-corrected chi connectivity index (χ3v) is 3.93. The van der Waals surface area contributed by atoms with E-state index in [1.54, 1.807) is 7.11 Å². The lowest BCUT2D eigenvalue weighted by Crippen LogP contribution is -2.21. The number of halogens is 1. The second kappa shape index (κ2) is 11.0. The molecule has 1 aromatic rings. The summed E-state index contributed by atoms with van der Waals surface area (Å²) in [5, 5.41) is 0. The Balaban J connectivity index is 2.33. The van der Waals surface area contributed by atoms with Crippen LogP contribution in [0, 0.1) is 0 Å². The number of rotatable bonds is 11. The molecule has 0 aliphatic rings. The normalized spacial score (nSPS) is 12.4. The lowest BCUT2D eigenvalue weighted by molar-refractivity contribution is 0.0644. The van der Waals surface area contributed by atoms with Crippen LogP contribution in [0.25, 0.3) is 0 Å². The van der Waals surface area contributed by atoms with Gasteiger partial charge in [0.15, 0.2) is 0 Å². The Labute approximate surface area is 136 Å². The Bertz CT molecular complexity index is 401. The molecule has 2 N–H and O–H groups in total. The van der Waals surface area contributed by atoms with Gasteiger partial charge in [0.1, 0.15) is 5.75 Å². The summed E-state index contributed by atoms with van der Waals surface area (Å²) in [6.45, 7) is 4.70. The smallest absolute Gasteiger partial charge is 0.119 e. The second-order valence-corrected chi connectivity index (χ2v) is 5.79. The summed E-state index contributed by atoms with van der Waals surface area (Å²) in [4.78, 5) is 0. The highest BCUT2D eigenvalue weighted by molar-refractivity contribution is 9.10. The van der Waals surface area contributed by atoms with Crippen LogP contribution in [-0.4, -0.2) is 39.6 Å². The van der Waals surface area contributed by atoms with Crippen LogP contribution in [0.5, 0.6) is 5.75 Å². The number of ether oxygens (including phenoxy) is 3. The zero-order chi connectivity index (χ0) is 15.5. The fraction of sp³-hybridized carbons (Fsp3) is 0.625. The fourth-order valence-electron chi connectivity index (χ4n) is 1.82. The minimum atomic E-state index is 0.186. The second-order valence-electron chi connectivity index (χ2n) is 4.93. The standard InChI is InChI=1S/C16H26BrNO3/c1-3-14(18)11-13-12-15(5-6-16(13)17)21-8-4-7-20-10-9-19-2/h5-6,12,14H,3-4,7-11,18H2,1-2H3. The number of nitrogens with two attached hydrogens (primary N) is 1. The third-order valence-electron chi connectivity index (χ3n) is 3.16. The van der Waals surface area contributed by atoms with E-state index in [1.807, 2.05) is 12.1 Å². The zero-order valence-corrected chi connectivity index (χ0v) is 14.5. The highest BCUT2D eigenvalue weighted by Crippen LogP contribution is 2.24. The molecule has 0 aliphatic carbocycles. The minimum Gasteiger partial charge on any atom is -0.493 e. The van der Waals surface area contributed by atoms with Crippen molar-refractivity contribution >= 4 is 15.9 Å². The molecule has 1 atom stereocenters. The largest absolute Gasteiger partial charge is 0.493 e. The van der Waals surface area contributed by atoms with E-state index in [2.05, 4.69) is 28.9 Å². The predicted octanol–water partition coefficient (Wildman–Crippen LogP) is 3.16. The van der Waals surface area contributed by atoms with Crippen LogP contribution in [-0.2, 0) is 15.9 Å². The molecule has 0 amide bonds. The van der Waals surface area contributed by atoms with Crippen LogP contribution in [0.1, 0.15) is 25.3 Å². The molecular weight excluding hydrogens is 334 g/mol. The Kier molecular flexibility index (Phi) is 9.67. The van der Waals surface area contributed by atoms with Crippen LogP contribution in [0.15, 0.2) is 22.7 Å². The predicted molar refractivity (Wildman–Crippen MR) is 88.9 cm³/mol.